The molecule has 0 aliphatic carbocycles. The Labute approximate surface area is 97.3 Å². The first-order valence-corrected chi connectivity index (χ1v) is 5.51. The Morgan fingerprint density at radius 3 is 2.19 bits per heavy atom. The number of aromatic hydroxyl groups is 1. The van der Waals surface area contributed by atoms with Crippen LogP contribution in [0.1, 0.15) is 20.8 Å². The number of rotatable bonds is 4. The maximum absolute atomic E-state index is 9.65. The van der Waals surface area contributed by atoms with Crippen molar-refractivity contribution in [3.8, 4) is 5.75 Å². The van der Waals surface area contributed by atoms with E-state index in [0.29, 0.717) is 0 Å². The molecule has 0 fully saturated rings. The second-order valence-electron chi connectivity index (χ2n) is 5.04. The molecule has 0 bridgehead atoms. The molecule has 0 radical (unpaired) electrons. The van der Waals surface area contributed by atoms with Gasteiger partial charge in [0, 0.05) is 24.7 Å². The number of hydrogen-bond donors (Lipinski definition) is 2. The highest BCUT2D eigenvalue weighted by molar-refractivity contribution is 5.48. The average molecular weight is 223 g/mol. The number of aliphatic hydroxyl groups excluding tert-OH is 1. The largest absolute Gasteiger partial charge is 0.508 e. The third-order valence-electron chi connectivity index (χ3n) is 3.07. The third-order valence-corrected chi connectivity index (χ3v) is 3.07. The molecule has 0 spiro atoms. The van der Waals surface area contributed by atoms with Crippen LogP contribution in [0, 0.1) is 5.41 Å². The first-order valence-electron chi connectivity index (χ1n) is 5.51. The van der Waals surface area contributed by atoms with Gasteiger partial charge in [0.1, 0.15) is 5.75 Å². The smallest absolute Gasteiger partial charge is 0.115 e. The Kier molecular flexibility index (Phi) is 3.81. The number of anilines is 1. The van der Waals surface area contributed by atoms with Gasteiger partial charge in [-0.15, -0.1) is 0 Å². The van der Waals surface area contributed by atoms with Crippen LogP contribution in [-0.4, -0.2) is 29.9 Å². The van der Waals surface area contributed by atoms with Crippen LogP contribution in [-0.2, 0) is 0 Å². The number of hydrogen-bond acceptors (Lipinski definition) is 3. The summed E-state index contributed by atoms with van der Waals surface area (Å²) in [6.45, 7) is 6.64. The molecule has 0 aliphatic heterocycles. The molecule has 3 nitrogen and oxygen atoms in total. The molecule has 1 aromatic rings. The van der Waals surface area contributed by atoms with Crippen molar-refractivity contribution in [1.29, 1.82) is 0 Å². The number of aliphatic hydroxyl groups is 1. The van der Waals surface area contributed by atoms with E-state index in [2.05, 4.69) is 4.90 Å². The van der Waals surface area contributed by atoms with Crippen molar-refractivity contribution in [1.82, 2.24) is 0 Å². The lowest BCUT2D eigenvalue weighted by Crippen LogP contribution is -2.38. The van der Waals surface area contributed by atoms with Gasteiger partial charge in [0.2, 0.25) is 0 Å². The predicted molar refractivity (Wildman–Crippen MR) is 66.8 cm³/mol. The maximum atomic E-state index is 9.65. The molecule has 0 saturated carbocycles. The lowest BCUT2D eigenvalue weighted by atomic mass is 9.87. The zero-order chi connectivity index (χ0) is 12.3. The van der Waals surface area contributed by atoms with E-state index in [-0.39, 0.29) is 17.3 Å². The number of benzene rings is 1. The van der Waals surface area contributed by atoms with Crippen molar-refractivity contribution in [3.05, 3.63) is 24.3 Å². The van der Waals surface area contributed by atoms with Crippen LogP contribution < -0.4 is 4.90 Å². The van der Waals surface area contributed by atoms with Crippen LogP contribution in [0.15, 0.2) is 24.3 Å². The molecule has 1 rings (SSSR count). The standard InChI is InChI=1S/C13H21NO2/c1-10(15)13(2,3)9-14(4)11-5-7-12(16)8-6-11/h5-8,10,15-16H,9H2,1-4H3. The molecular weight excluding hydrogens is 202 g/mol. The van der Waals surface area contributed by atoms with Crippen molar-refractivity contribution in [2.45, 2.75) is 26.9 Å². The molecule has 0 aliphatic rings. The first-order chi connectivity index (χ1) is 7.33. The predicted octanol–water partition coefficient (Wildman–Crippen LogP) is 2.24. The van der Waals surface area contributed by atoms with E-state index >= 15 is 0 Å². The first kappa shape index (κ1) is 12.8. The minimum absolute atomic E-state index is 0.160. The molecule has 16 heavy (non-hydrogen) atoms. The fraction of sp³-hybridized carbons (Fsp3) is 0.538. The minimum Gasteiger partial charge on any atom is -0.508 e. The van der Waals surface area contributed by atoms with E-state index in [9.17, 15) is 10.2 Å². The van der Waals surface area contributed by atoms with Crippen LogP contribution in [0.2, 0.25) is 0 Å². The van der Waals surface area contributed by atoms with Crippen LogP contribution >= 0.6 is 0 Å². The topological polar surface area (TPSA) is 43.7 Å². The highest BCUT2D eigenvalue weighted by Gasteiger charge is 2.25. The van der Waals surface area contributed by atoms with Gasteiger partial charge in [0.25, 0.3) is 0 Å². The molecule has 0 aromatic heterocycles. The molecular formula is C13H21NO2. The number of phenolic OH excluding ortho intramolecular Hbond substituents is 1. The van der Waals surface area contributed by atoms with Crippen molar-refractivity contribution >= 4 is 5.69 Å². The Morgan fingerprint density at radius 1 is 1.25 bits per heavy atom. The van der Waals surface area contributed by atoms with Crippen molar-refractivity contribution in [3.63, 3.8) is 0 Å². The summed E-state index contributed by atoms with van der Waals surface area (Å²) in [4.78, 5) is 2.08. The summed E-state index contributed by atoms with van der Waals surface area (Å²) in [5.41, 5.74) is 0.874. The SMILES string of the molecule is CC(O)C(C)(C)CN(C)c1ccc(O)cc1. The number of nitrogens with zero attached hydrogens (tertiary/aromatic N) is 1. The zero-order valence-electron chi connectivity index (χ0n) is 10.4. The summed E-state index contributed by atoms with van der Waals surface area (Å²) in [6, 6.07) is 7.07. The van der Waals surface area contributed by atoms with Gasteiger partial charge in [-0.1, -0.05) is 13.8 Å². The van der Waals surface area contributed by atoms with Crippen molar-refractivity contribution < 1.29 is 10.2 Å². The molecule has 0 heterocycles. The summed E-state index contributed by atoms with van der Waals surface area (Å²) < 4.78 is 0. The molecule has 3 heteroatoms. The van der Waals surface area contributed by atoms with E-state index in [1.54, 1.807) is 12.1 Å². The fourth-order valence-corrected chi connectivity index (χ4v) is 1.54. The monoisotopic (exact) mass is 223 g/mol. The van der Waals surface area contributed by atoms with E-state index in [1.165, 1.54) is 0 Å². The average Bonchev–Trinajstić information content (AvgIpc) is 2.17. The summed E-state index contributed by atoms with van der Waals surface area (Å²) in [6.07, 6.45) is -0.355. The quantitative estimate of drug-likeness (QED) is 0.822. The Balaban J connectivity index is 2.72. The molecule has 2 N–H and O–H groups in total. The lowest BCUT2D eigenvalue weighted by molar-refractivity contribution is 0.0718. The number of phenols is 1. The van der Waals surface area contributed by atoms with Gasteiger partial charge in [-0.05, 0) is 31.2 Å². The van der Waals surface area contributed by atoms with Crippen LogP contribution in [0.5, 0.6) is 5.75 Å². The fourth-order valence-electron chi connectivity index (χ4n) is 1.54. The summed E-state index contributed by atoms with van der Waals surface area (Å²) in [7, 11) is 1.98. The van der Waals surface area contributed by atoms with E-state index in [4.69, 9.17) is 0 Å². The second-order valence-corrected chi connectivity index (χ2v) is 5.04. The van der Waals surface area contributed by atoms with Gasteiger partial charge in [-0.3, -0.25) is 0 Å². The Bertz CT molecular complexity index is 330. The molecule has 1 unspecified atom stereocenters. The van der Waals surface area contributed by atoms with Gasteiger partial charge in [-0.2, -0.15) is 0 Å². The van der Waals surface area contributed by atoms with Gasteiger partial charge >= 0.3 is 0 Å². The zero-order valence-corrected chi connectivity index (χ0v) is 10.4. The van der Waals surface area contributed by atoms with E-state index in [0.717, 1.165) is 12.2 Å². The molecule has 0 amide bonds. The summed E-state index contributed by atoms with van der Waals surface area (Å²) in [5, 5.41) is 18.9. The van der Waals surface area contributed by atoms with Crippen molar-refractivity contribution in [2.75, 3.05) is 18.5 Å². The van der Waals surface area contributed by atoms with Crippen molar-refractivity contribution in [2.24, 2.45) is 5.41 Å². The third kappa shape index (κ3) is 3.14. The maximum Gasteiger partial charge on any atom is 0.115 e. The van der Waals surface area contributed by atoms with Gasteiger partial charge in [0.05, 0.1) is 6.10 Å². The highest BCUT2D eigenvalue weighted by Crippen LogP contribution is 2.25. The molecule has 1 atom stereocenters. The minimum atomic E-state index is -0.355. The highest BCUT2D eigenvalue weighted by atomic mass is 16.3. The second kappa shape index (κ2) is 4.74. The molecule has 90 valence electrons. The molecule has 0 saturated heterocycles. The lowest BCUT2D eigenvalue weighted by Gasteiger charge is -2.33. The van der Waals surface area contributed by atoms with E-state index < -0.39 is 0 Å². The summed E-state index contributed by atoms with van der Waals surface area (Å²) in [5.74, 6) is 0.270. The van der Waals surface area contributed by atoms with E-state index in [1.807, 2.05) is 40.0 Å². The van der Waals surface area contributed by atoms with Crippen LogP contribution in [0.4, 0.5) is 5.69 Å². The Hall–Kier alpha value is -1.22. The van der Waals surface area contributed by atoms with Gasteiger partial charge in [-0.25, -0.2) is 0 Å². The van der Waals surface area contributed by atoms with Crippen LogP contribution in [0.3, 0.4) is 0 Å². The normalized spacial score (nSPS) is 13.6. The Morgan fingerprint density at radius 2 is 1.75 bits per heavy atom. The molecule has 1 aromatic carbocycles. The van der Waals surface area contributed by atoms with Gasteiger partial charge in [0.15, 0.2) is 0 Å². The van der Waals surface area contributed by atoms with Gasteiger partial charge < -0.3 is 15.1 Å². The summed E-state index contributed by atoms with van der Waals surface area (Å²) >= 11 is 0. The van der Waals surface area contributed by atoms with Crippen LogP contribution in [0.25, 0.3) is 0 Å².